The summed E-state index contributed by atoms with van der Waals surface area (Å²) in [6.07, 6.45) is 6.06. The van der Waals surface area contributed by atoms with Crippen molar-refractivity contribution >= 4 is 0 Å². The Bertz CT molecular complexity index is 323. The molecule has 1 rings (SSSR count). The SMILES string of the molecule is CCCCCCOc1ccccc1CC(O)CC. The van der Waals surface area contributed by atoms with Crippen LogP contribution in [0.1, 0.15) is 51.5 Å². The third-order valence-electron chi connectivity index (χ3n) is 3.15. The van der Waals surface area contributed by atoms with Crippen LogP contribution in [0.3, 0.4) is 0 Å². The fourth-order valence-electron chi connectivity index (χ4n) is 1.92. The van der Waals surface area contributed by atoms with Gasteiger partial charge in [-0.1, -0.05) is 51.3 Å². The third kappa shape index (κ3) is 5.54. The van der Waals surface area contributed by atoms with Crippen LogP contribution < -0.4 is 4.74 Å². The molecule has 1 aromatic rings. The molecule has 0 aliphatic carbocycles. The quantitative estimate of drug-likeness (QED) is 0.672. The first-order valence-corrected chi connectivity index (χ1v) is 7.16. The largest absolute Gasteiger partial charge is 0.493 e. The summed E-state index contributed by atoms with van der Waals surface area (Å²) < 4.78 is 5.82. The van der Waals surface area contributed by atoms with Gasteiger partial charge in [0.15, 0.2) is 0 Å². The number of ether oxygens (including phenoxy) is 1. The van der Waals surface area contributed by atoms with E-state index in [1.165, 1.54) is 19.3 Å². The number of rotatable bonds is 9. The van der Waals surface area contributed by atoms with Crippen molar-refractivity contribution in [1.29, 1.82) is 0 Å². The van der Waals surface area contributed by atoms with Crippen molar-refractivity contribution in [3.05, 3.63) is 29.8 Å². The van der Waals surface area contributed by atoms with E-state index in [4.69, 9.17) is 4.74 Å². The number of unbranched alkanes of at least 4 members (excludes halogenated alkanes) is 3. The Morgan fingerprint density at radius 3 is 2.61 bits per heavy atom. The van der Waals surface area contributed by atoms with Crippen LogP contribution in [0.15, 0.2) is 24.3 Å². The fourth-order valence-corrected chi connectivity index (χ4v) is 1.92. The van der Waals surface area contributed by atoms with Crippen LogP contribution in [0.25, 0.3) is 0 Å². The molecule has 2 heteroatoms. The highest BCUT2D eigenvalue weighted by atomic mass is 16.5. The highest BCUT2D eigenvalue weighted by Gasteiger charge is 2.07. The molecule has 0 saturated heterocycles. The van der Waals surface area contributed by atoms with Crippen molar-refractivity contribution in [2.75, 3.05) is 6.61 Å². The maximum absolute atomic E-state index is 9.72. The summed E-state index contributed by atoms with van der Waals surface area (Å²) in [6, 6.07) is 8.03. The van der Waals surface area contributed by atoms with Gasteiger partial charge >= 0.3 is 0 Å². The molecular weight excluding hydrogens is 224 g/mol. The van der Waals surface area contributed by atoms with Gasteiger partial charge in [-0.3, -0.25) is 0 Å². The summed E-state index contributed by atoms with van der Waals surface area (Å²) in [6.45, 7) is 4.99. The second-order valence-corrected chi connectivity index (χ2v) is 4.78. The summed E-state index contributed by atoms with van der Waals surface area (Å²) in [5.41, 5.74) is 1.11. The van der Waals surface area contributed by atoms with Gasteiger partial charge in [0.1, 0.15) is 5.75 Å². The summed E-state index contributed by atoms with van der Waals surface area (Å²) in [7, 11) is 0. The molecular formula is C16H26O2. The van der Waals surface area contributed by atoms with Gasteiger partial charge in [0.05, 0.1) is 12.7 Å². The van der Waals surface area contributed by atoms with Crippen LogP contribution in [0, 0.1) is 0 Å². The zero-order valence-electron chi connectivity index (χ0n) is 11.7. The van der Waals surface area contributed by atoms with Gasteiger partial charge in [-0.25, -0.2) is 0 Å². The first-order valence-electron chi connectivity index (χ1n) is 7.16. The second-order valence-electron chi connectivity index (χ2n) is 4.78. The highest BCUT2D eigenvalue weighted by Crippen LogP contribution is 2.20. The van der Waals surface area contributed by atoms with Crippen molar-refractivity contribution in [3.63, 3.8) is 0 Å². The van der Waals surface area contributed by atoms with E-state index in [1.54, 1.807) is 0 Å². The predicted octanol–water partition coefficient (Wildman–Crippen LogP) is 3.96. The molecule has 1 N–H and O–H groups in total. The lowest BCUT2D eigenvalue weighted by atomic mass is 10.1. The van der Waals surface area contributed by atoms with Gasteiger partial charge < -0.3 is 9.84 Å². The monoisotopic (exact) mass is 250 g/mol. The van der Waals surface area contributed by atoms with Crippen molar-refractivity contribution in [1.82, 2.24) is 0 Å². The molecule has 18 heavy (non-hydrogen) atoms. The molecule has 0 heterocycles. The first-order chi connectivity index (χ1) is 8.77. The fraction of sp³-hybridized carbons (Fsp3) is 0.625. The minimum absolute atomic E-state index is 0.269. The third-order valence-corrected chi connectivity index (χ3v) is 3.15. The van der Waals surface area contributed by atoms with Crippen molar-refractivity contribution in [2.45, 2.75) is 58.5 Å². The standard InChI is InChI=1S/C16H26O2/c1-3-5-6-9-12-18-16-11-8-7-10-14(16)13-15(17)4-2/h7-8,10-11,15,17H,3-6,9,12-13H2,1-2H3. The second kappa shape index (κ2) is 8.98. The minimum atomic E-state index is -0.269. The van der Waals surface area contributed by atoms with E-state index in [-0.39, 0.29) is 6.10 Å². The van der Waals surface area contributed by atoms with E-state index in [1.807, 2.05) is 31.2 Å². The molecule has 2 nitrogen and oxygen atoms in total. The molecule has 0 saturated carbocycles. The summed E-state index contributed by atoms with van der Waals surface area (Å²) >= 11 is 0. The highest BCUT2D eigenvalue weighted by molar-refractivity contribution is 5.33. The molecule has 0 aliphatic rings. The lowest BCUT2D eigenvalue weighted by Gasteiger charge is -2.13. The van der Waals surface area contributed by atoms with Gasteiger partial charge in [0.2, 0.25) is 0 Å². The van der Waals surface area contributed by atoms with Gasteiger partial charge in [-0.05, 0) is 24.5 Å². The Labute approximate surface area is 111 Å². The molecule has 0 radical (unpaired) electrons. The van der Waals surface area contributed by atoms with Gasteiger partial charge in [0.25, 0.3) is 0 Å². The molecule has 0 aromatic heterocycles. The van der Waals surface area contributed by atoms with Crippen LogP contribution in [0.2, 0.25) is 0 Å². The Morgan fingerprint density at radius 1 is 1.11 bits per heavy atom. The van der Waals surface area contributed by atoms with Gasteiger partial charge in [0, 0.05) is 6.42 Å². The molecule has 0 amide bonds. The molecule has 0 spiro atoms. The number of benzene rings is 1. The normalized spacial score (nSPS) is 12.4. The Balaban J connectivity index is 2.43. The summed E-state index contributed by atoms with van der Waals surface area (Å²) in [4.78, 5) is 0. The lowest BCUT2D eigenvalue weighted by Crippen LogP contribution is -2.10. The number of para-hydroxylation sites is 1. The van der Waals surface area contributed by atoms with Crippen molar-refractivity contribution in [2.24, 2.45) is 0 Å². The van der Waals surface area contributed by atoms with E-state index in [0.717, 1.165) is 30.8 Å². The van der Waals surface area contributed by atoms with E-state index >= 15 is 0 Å². The molecule has 1 atom stereocenters. The molecule has 1 unspecified atom stereocenters. The molecule has 0 bridgehead atoms. The van der Waals surface area contributed by atoms with E-state index in [2.05, 4.69) is 6.92 Å². The number of aliphatic hydroxyl groups excluding tert-OH is 1. The topological polar surface area (TPSA) is 29.5 Å². The van der Waals surface area contributed by atoms with Crippen LogP contribution >= 0.6 is 0 Å². The number of aliphatic hydroxyl groups is 1. The maximum Gasteiger partial charge on any atom is 0.122 e. The average Bonchev–Trinajstić information content (AvgIpc) is 2.40. The Kier molecular flexibility index (Phi) is 7.51. The van der Waals surface area contributed by atoms with Gasteiger partial charge in [-0.2, -0.15) is 0 Å². The maximum atomic E-state index is 9.72. The summed E-state index contributed by atoms with van der Waals surface area (Å²) in [5, 5.41) is 9.72. The van der Waals surface area contributed by atoms with E-state index < -0.39 is 0 Å². The van der Waals surface area contributed by atoms with Crippen molar-refractivity contribution < 1.29 is 9.84 Å². The van der Waals surface area contributed by atoms with Crippen LogP contribution in [0.4, 0.5) is 0 Å². The number of hydrogen-bond donors (Lipinski definition) is 1. The lowest BCUT2D eigenvalue weighted by molar-refractivity contribution is 0.169. The summed E-state index contributed by atoms with van der Waals surface area (Å²) in [5.74, 6) is 0.932. The zero-order valence-corrected chi connectivity index (χ0v) is 11.7. The van der Waals surface area contributed by atoms with Crippen LogP contribution in [-0.2, 0) is 6.42 Å². The average molecular weight is 250 g/mol. The Morgan fingerprint density at radius 2 is 1.89 bits per heavy atom. The van der Waals surface area contributed by atoms with E-state index in [0.29, 0.717) is 6.42 Å². The van der Waals surface area contributed by atoms with Crippen LogP contribution in [0.5, 0.6) is 5.75 Å². The number of hydrogen-bond acceptors (Lipinski definition) is 2. The molecule has 1 aromatic carbocycles. The van der Waals surface area contributed by atoms with Crippen LogP contribution in [-0.4, -0.2) is 17.8 Å². The minimum Gasteiger partial charge on any atom is -0.493 e. The molecule has 102 valence electrons. The first kappa shape index (κ1) is 15.0. The van der Waals surface area contributed by atoms with Crippen molar-refractivity contribution in [3.8, 4) is 5.75 Å². The Hall–Kier alpha value is -1.02. The molecule has 0 aliphatic heterocycles. The van der Waals surface area contributed by atoms with Gasteiger partial charge in [-0.15, -0.1) is 0 Å². The van der Waals surface area contributed by atoms with E-state index in [9.17, 15) is 5.11 Å². The molecule has 0 fully saturated rings. The predicted molar refractivity (Wildman–Crippen MR) is 76.1 cm³/mol. The zero-order chi connectivity index (χ0) is 13.2. The smallest absolute Gasteiger partial charge is 0.122 e.